The van der Waals surface area contributed by atoms with E-state index in [2.05, 4.69) is 41.2 Å². The summed E-state index contributed by atoms with van der Waals surface area (Å²) in [5, 5.41) is 0. The lowest BCUT2D eigenvalue weighted by atomic mass is 10.1. The van der Waals surface area contributed by atoms with E-state index in [4.69, 9.17) is 0 Å². The van der Waals surface area contributed by atoms with Crippen molar-refractivity contribution >= 4 is 22.4 Å². The van der Waals surface area contributed by atoms with E-state index in [-0.39, 0.29) is 0 Å². The molecule has 3 aromatic rings. The Balaban J connectivity index is 2.18. The minimum Gasteiger partial charge on any atom is -0.253 e. The summed E-state index contributed by atoms with van der Waals surface area (Å²) in [5.41, 5.74) is 3.11. The number of fused-ring (bicyclic) bond motifs is 1. The van der Waals surface area contributed by atoms with Crippen molar-refractivity contribution in [3.05, 3.63) is 47.6 Å². The van der Waals surface area contributed by atoms with Gasteiger partial charge in [-0.2, -0.15) is 0 Å². The Morgan fingerprint density at radius 3 is 2.50 bits per heavy atom. The number of hydrogen-bond donors (Lipinski definition) is 0. The maximum Gasteiger partial charge on any atom is 0.0893 e. The Kier molecular flexibility index (Phi) is 2.18. The van der Waals surface area contributed by atoms with Gasteiger partial charge < -0.3 is 0 Å². The molecule has 3 heteroatoms. The van der Waals surface area contributed by atoms with Gasteiger partial charge in [0.15, 0.2) is 0 Å². The Labute approximate surface area is 97.6 Å². The van der Waals surface area contributed by atoms with Gasteiger partial charge in [-0.25, -0.2) is 0 Å². The van der Waals surface area contributed by atoms with Gasteiger partial charge in [0.1, 0.15) is 0 Å². The van der Waals surface area contributed by atoms with Gasteiger partial charge in [0, 0.05) is 22.1 Å². The first-order valence-electron chi connectivity index (χ1n) is 5.10. The van der Waals surface area contributed by atoms with Crippen LogP contribution in [0.5, 0.6) is 0 Å². The highest BCUT2D eigenvalue weighted by Crippen LogP contribution is 2.28. The maximum absolute atomic E-state index is 4.32. The largest absolute Gasteiger partial charge is 0.253 e. The van der Waals surface area contributed by atoms with Crippen LogP contribution in [0.25, 0.3) is 21.5 Å². The van der Waals surface area contributed by atoms with Crippen molar-refractivity contribution in [3.63, 3.8) is 0 Å². The first-order chi connectivity index (χ1) is 7.83. The third-order valence-corrected chi connectivity index (χ3v) is 3.54. The molecule has 2 nitrogen and oxygen atoms in total. The van der Waals surface area contributed by atoms with Crippen molar-refractivity contribution < 1.29 is 0 Å². The molecule has 0 saturated heterocycles. The molecule has 3 rings (SSSR count). The maximum atomic E-state index is 4.32. The summed E-state index contributed by atoms with van der Waals surface area (Å²) in [6.45, 7) is 2.12. The second-order valence-corrected chi connectivity index (χ2v) is 4.96. The van der Waals surface area contributed by atoms with Gasteiger partial charge in [-0.05, 0) is 36.8 Å². The summed E-state index contributed by atoms with van der Waals surface area (Å²) in [4.78, 5) is 11.2. The minimum atomic E-state index is 0.944. The van der Waals surface area contributed by atoms with Crippen molar-refractivity contribution in [1.82, 2.24) is 9.97 Å². The van der Waals surface area contributed by atoms with Crippen molar-refractivity contribution in [2.45, 2.75) is 6.92 Å². The Bertz CT molecular complexity index is 643. The molecule has 0 aliphatic carbocycles. The molecule has 0 atom stereocenters. The van der Waals surface area contributed by atoms with Gasteiger partial charge in [0.25, 0.3) is 0 Å². The fourth-order valence-electron chi connectivity index (χ4n) is 1.71. The van der Waals surface area contributed by atoms with E-state index in [1.807, 2.05) is 6.07 Å². The number of nitrogens with zero attached hydrogens (tertiary/aromatic N) is 2. The number of rotatable bonds is 1. The van der Waals surface area contributed by atoms with E-state index in [9.17, 15) is 0 Å². The minimum absolute atomic E-state index is 0.944. The van der Waals surface area contributed by atoms with Crippen LogP contribution in [0.1, 0.15) is 4.88 Å². The van der Waals surface area contributed by atoms with E-state index >= 15 is 0 Å². The third kappa shape index (κ3) is 1.59. The second-order valence-electron chi connectivity index (χ2n) is 3.67. The topological polar surface area (TPSA) is 25.8 Å². The van der Waals surface area contributed by atoms with Gasteiger partial charge in [0.2, 0.25) is 0 Å². The molecule has 1 aromatic carbocycles. The summed E-state index contributed by atoms with van der Waals surface area (Å²) < 4.78 is 0. The predicted octanol–water partition coefficient (Wildman–Crippen LogP) is 3.67. The number of thiophene rings is 1. The average Bonchev–Trinajstić information content (AvgIpc) is 2.75. The zero-order valence-corrected chi connectivity index (χ0v) is 9.66. The zero-order chi connectivity index (χ0) is 11.0. The predicted molar refractivity (Wildman–Crippen MR) is 67.6 cm³/mol. The van der Waals surface area contributed by atoms with E-state index in [0.29, 0.717) is 0 Å². The smallest absolute Gasteiger partial charge is 0.0893 e. The van der Waals surface area contributed by atoms with Gasteiger partial charge in [-0.15, -0.1) is 11.3 Å². The van der Waals surface area contributed by atoms with Gasteiger partial charge >= 0.3 is 0 Å². The SMILES string of the molecule is Cc1ccc(-c2ccc3nccnc3c2)s1. The standard InChI is InChI=1S/C13H10N2S/c1-9-2-5-13(16-9)10-3-4-11-12(8-10)15-7-6-14-11/h2-8H,1H3. The number of aryl methyl sites for hydroxylation is 1. The molecule has 78 valence electrons. The normalized spacial score (nSPS) is 10.8. The molecule has 0 spiro atoms. The molecular weight excluding hydrogens is 216 g/mol. The van der Waals surface area contributed by atoms with Crippen LogP contribution in [-0.4, -0.2) is 9.97 Å². The molecule has 0 fully saturated rings. The van der Waals surface area contributed by atoms with Crippen LogP contribution in [-0.2, 0) is 0 Å². The molecular formula is C13H10N2S. The van der Waals surface area contributed by atoms with E-state index in [1.165, 1.54) is 15.3 Å². The van der Waals surface area contributed by atoms with Crippen LogP contribution in [0.3, 0.4) is 0 Å². The van der Waals surface area contributed by atoms with E-state index < -0.39 is 0 Å². The molecule has 2 heterocycles. The third-order valence-electron chi connectivity index (χ3n) is 2.49. The van der Waals surface area contributed by atoms with Crippen molar-refractivity contribution in [2.24, 2.45) is 0 Å². The second kappa shape index (κ2) is 3.68. The highest BCUT2D eigenvalue weighted by molar-refractivity contribution is 7.15. The number of benzene rings is 1. The average molecular weight is 226 g/mol. The van der Waals surface area contributed by atoms with Gasteiger partial charge in [-0.3, -0.25) is 9.97 Å². The highest BCUT2D eigenvalue weighted by atomic mass is 32.1. The lowest BCUT2D eigenvalue weighted by Crippen LogP contribution is -1.82. The molecule has 0 saturated carbocycles. The van der Waals surface area contributed by atoms with Crippen LogP contribution < -0.4 is 0 Å². The fraction of sp³-hybridized carbons (Fsp3) is 0.0769. The summed E-state index contributed by atoms with van der Waals surface area (Å²) >= 11 is 1.80. The van der Waals surface area contributed by atoms with Gasteiger partial charge in [0.05, 0.1) is 11.0 Å². The molecule has 0 bridgehead atoms. The lowest BCUT2D eigenvalue weighted by Gasteiger charge is -1.99. The van der Waals surface area contributed by atoms with Gasteiger partial charge in [-0.1, -0.05) is 6.07 Å². The number of aromatic nitrogens is 2. The quantitative estimate of drug-likeness (QED) is 0.632. The Morgan fingerprint density at radius 2 is 1.75 bits per heavy atom. The van der Waals surface area contributed by atoms with E-state index in [0.717, 1.165) is 11.0 Å². The zero-order valence-electron chi connectivity index (χ0n) is 8.84. The molecule has 0 aliphatic heterocycles. The lowest BCUT2D eigenvalue weighted by molar-refractivity contribution is 1.29. The van der Waals surface area contributed by atoms with Crippen LogP contribution >= 0.6 is 11.3 Å². The Morgan fingerprint density at radius 1 is 0.938 bits per heavy atom. The molecule has 16 heavy (non-hydrogen) atoms. The molecule has 0 aliphatic rings. The van der Waals surface area contributed by atoms with Crippen LogP contribution in [0, 0.1) is 6.92 Å². The molecule has 0 radical (unpaired) electrons. The highest BCUT2D eigenvalue weighted by Gasteiger charge is 2.02. The summed E-state index contributed by atoms with van der Waals surface area (Å²) in [6, 6.07) is 10.5. The van der Waals surface area contributed by atoms with Crippen LogP contribution in [0.4, 0.5) is 0 Å². The van der Waals surface area contributed by atoms with Crippen molar-refractivity contribution in [3.8, 4) is 10.4 Å². The first-order valence-corrected chi connectivity index (χ1v) is 5.92. The van der Waals surface area contributed by atoms with Crippen LogP contribution in [0.2, 0.25) is 0 Å². The molecule has 0 unspecified atom stereocenters. The van der Waals surface area contributed by atoms with E-state index in [1.54, 1.807) is 23.7 Å². The number of hydrogen-bond acceptors (Lipinski definition) is 3. The molecule has 2 aromatic heterocycles. The summed E-state index contributed by atoms with van der Waals surface area (Å²) in [5.74, 6) is 0. The van der Waals surface area contributed by atoms with Crippen molar-refractivity contribution in [1.29, 1.82) is 0 Å². The molecule has 0 amide bonds. The van der Waals surface area contributed by atoms with Crippen molar-refractivity contribution in [2.75, 3.05) is 0 Å². The summed E-state index contributed by atoms with van der Waals surface area (Å²) in [6.07, 6.45) is 3.45. The summed E-state index contributed by atoms with van der Waals surface area (Å²) in [7, 11) is 0. The molecule has 0 N–H and O–H groups in total. The van der Waals surface area contributed by atoms with Crippen LogP contribution in [0.15, 0.2) is 42.7 Å². The Hall–Kier alpha value is -1.74. The first kappa shape index (κ1) is 9.48. The fourth-order valence-corrected chi connectivity index (χ4v) is 2.57. The monoisotopic (exact) mass is 226 g/mol.